The van der Waals surface area contributed by atoms with E-state index in [1.807, 2.05) is 45.0 Å². The number of phenolic OH excluding ortho intramolecular Hbond substituents is 1. The molecule has 6 nitrogen and oxygen atoms in total. The Kier molecular flexibility index (Phi) is 5.44. The van der Waals surface area contributed by atoms with Crippen molar-refractivity contribution in [2.45, 2.75) is 41.0 Å². The standard InChI is InChI=1S/C21H26N4O2/c1-6-15-11-16(9-13(4)19(15)26)20-23-24-21(27-20)17-10-14(5)22-18(12-17)25(7-2)8-3/h9-12,26H,6-8H2,1-5H3. The summed E-state index contributed by atoms with van der Waals surface area (Å²) in [4.78, 5) is 6.80. The molecule has 2 heterocycles. The van der Waals surface area contributed by atoms with Gasteiger partial charge in [-0.1, -0.05) is 6.92 Å². The maximum absolute atomic E-state index is 10.1. The van der Waals surface area contributed by atoms with Crippen molar-refractivity contribution in [2.24, 2.45) is 0 Å². The van der Waals surface area contributed by atoms with E-state index in [0.29, 0.717) is 17.5 Å². The fourth-order valence-corrected chi connectivity index (χ4v) is 3.19. The molecule has 0 spiro atoms. The first-order valence-electron chi connectivity index (χ1n) is 9.37. The van der Waals surface area contributed by atoms with Gasteiger partial charge in [-0.15, -0.1) is 10.2 Å². The number of aromatic hydroxyl groups is 1. The van der Waals surface area contributed by atoms with E-state index in [1.165, 1.54) is 0 Å². The average molecular weight is 366 g/mol. The summed E-state index contributed by atoms with van der Waals surface area (Å²) in [6.07, 6.45) is 0.734. The van der Waals surface area contributed by atoms with E-state index in [1.54, 1.807) is 0 Å². The van der Waals surface area contributed by atoms with E-state index >= 15 is 0 Å². The van der Waals surface area contributed by atoms with Gasteiger partial charge in [-0.2, -0.15) is 0 Å². The highest BCUT2D eigenvalue weighted by Gasteiger charge is 2.16. The van der Waals surface area contributed by atoms with Gasteiger partial charge in [-0.05, 0) is 69.5 Å². The average Bonchev–Trinajstić information content (AvgIpc) is 3.15. The van der Waals surface area contributed by atoms with Crippen molar-refractivity contribution in [3.63, 3.8) is 0 Å². The zero-order chi connectivity index (χ0) is 19.6. The van der Waals surface area contributed by atoms with Crippen molar-refractivity contribution in [2.75, 3.05) is 18.0 Å². The predicted octanol–water partition coefficient (Wildman–Crippen LogP) is 4.53. The fraction of sp³-hybridized carbons (Fsp3) is 0.381. The van der Waals surface area contributed by atoms with Crippen LogP contribution in [0.3, 0.4) is 0 Å². The SMILES string of the molecule is CCc1cc(-c2nnc(-c3cc(C)nc(N(CC)CC)c3)o2)cc(C)c1O. The summed E-state index contributed by atoms with van der Waals surface area (Å²) in [7, 11) is 0. The Balaban J connectivity index is 2.01. The van der Waals surface area contributed by atoms with Crippen LogP contribution in [0.4, 0.5) is 5.82 Å². The van der Waals surface area contributed by atoms with Gasteiger partial charge in [0.15, 0.2) is 0 Å². The zero-order valence-corrected chi connectivity index (χ0v) is 16.6. The van der Waals surface area contributed by atoms with Crippen LogP contribution in [0.15, 0.2) is 28.7 Å². The van der Waals surface area contributed by atoms with Gasteiger partial charge in [0.2, 0.25) is 11.8 Å². The molecule has 0 radical (unpaired) electrons. The monoisotopic (exact) mass is 366 g/mol. The Labute approximate surface area is 159 Å². The molecule has 0 unspecified atom stereocenters. The molecule has 1 aromatic carbocycles. The molecule has 142 valence electrons. The van der Waals surface area contributed by atoms with Crippen molar-refractivity contribution >= 4 is 5.82 Å². The molecule has 0 fully saturated rings. The molecular weight excluding hydrogens is 340 g/mol. The Bertz CT molecular complexity index is 945. The summed E-state index contributed by atoms with van der Waals surface area (Å²) in [5.74, 6) is 2.15. The van der Waals surface area contributed by atoms with Crippen LogP contribution < -0.4 is 4.90 Å². The van der Waals surface area contributed by atoms with Crippen LogP contribution in [0, 0.1) is 13.8 Å². The van der Waals surface area contributed by atoms with Gasteiger partial charge in [-0.25, -0.2) is 4.98 Å². The van der Waals surface area contributed by atoms with Gasteiger partial charge in [0, 0.05) is 29.9 Å². The van der Waals surface area contributed by atoms with E-state index in [9.17, 15) is 5.11 Å². The van der Waals surface area contributed by atoms with E-state index < -0.39 is 0 Å². The van der Waals surface area contributed by atoms with E-state index in [0.717, 1.165) is 53.3 Å². The van der Waals surface area contributed by atoms with Gasteiger partial charge >= 0.3 is 0 Å². The minimum absolute atomic E-state index is 0.328. The Hall–Kier alpha value is -2.89. The smallest absolute Gasteiger partial charge is 0.248 e. The maximum Gasteiger partial charge on any atom is 0.248 e. The van der Waals surface area contributed by atoms with Crippen molar-refractivity contribution < 1.29 is 9.52 Å². The molecule has 0 aliphatic heterocycles. The van der Waals surface area contributed by atoms with Gasteiger partial charge in [-0.3, -0.25) is 0 Å². The van der Waals surface area contributed by atoms with Crippen molar-refractivity contribution in [1.82, 2.24) is 15.2 Å². The van der Waals surface area contributed by atoms with Gasteiger partial charge in [0.05, 0.1) is 0 Å². The topological polar surface area (TPSA) is 75.3 Å². The highest BCUT2D eigenvalue weighted by molar-refractivity contribution is 5.64. The number of hydrogen-bond donors (Lipinski definition) is 1. The van der Waals surface area contributed by atoms with Gasteiger partial charge in [0.25, 0.3) is 0 Å². The molecule has 0 aliphatic carbocycles. The largest absolute Gasteiger partial charge is 0.507 e. The van der Waals surface area contributed by atoms with E-state index in [2.05, 4.69) is 33.9 Å². The number of aryl methyl sites for hydroxylation is 3. The van der Waals surface area contributed by atoms with Crippen LogP contribution in [0.2, 0.25) is 0 Å². The van der Waals surface area contributed by atoms with Gasteiger partial charge < -0.3 is 14.4 Å². The third-order valence-corrected chi connectivity index (χ3v) is 4.71. The first-order valence-corrected chi connectivity index (χ1v) is 9.37. The molecule has 0 bridgehead atoms. The molecule has 0 saturated heterocycles. The predicted molar refractivity (Wildman–Crippen MR) is 107 cm³/mol. The molecule has 1 N–H and O–H groups in total. The first-order chi connectivity index (χ1) is 13.0. The van der Waals surface area contributed by atoms with Crippen LogP contribution in [0.5, 0.6) is 5.75 Å². The molecule has 3 rings (SSSR count). The molecule has 0 amide bonds. The maximum atomic E-state index is 10.1. The van der Waals surface area contributed by atoms with Crippen LogP contribution in [-0.4, -0.2) is 33.4 Å². The number of hydrogen-bond acceptors (Lipinski definition) is 6. The van der Waals surface area contributed by atoms with Crippen molar-refractivity contribution in [1.29, 1.82) is 0 Å². The summed E-state index contributed by atoms with van der Waals surface area (Å²) in [5.41, 5.74) is 4.24. The van der Waals surface area contributed by atoms with Crippen molar-refractivity contribution in [3.8, 4) is 28.7 Å². The summed E-state index contributed by atoms with van der Waals surface area (Å²) < 4.78 is 5.96. The lowest BCUT2D eigenvalue weighted by molar-refractivity contribution is 0.464. The molecule has 3 aromatic rings. The van der Waals surface area contributed by atoms with E-state index in [4.69, 9.17) is 4.42 Å². The van der Waals surface area contributed by atoms with Crippen molar-refractivity contribution in [3.05, 3.63) is 41.1 Å². The minimum atomic E-state index is 0.328. The summed E-state index contributed by atoms with van der Waals surface area (Å²) in [6, 6.07) is 7.70. The second-order valence-corrected chi connectivity index (χ2v) is 6.59. The van der Waals surface area contributed by atoms with Gasteiger partial charge in [0.1, 0.15) is 11.6 Å². The number of anilines is 1. The minimum Gasteiger partial charge on any atom is -0.507 e. The first kappa shape index (κ1) is 18.9. The molecular formula is C21H26N4O2. The highest BCUT2D eigenvalue weighted by atomic mass is 16.4. The lowest BCUT2D eigenvalue weighted by Gasteiger charge is -2.20. The van der Waals surface area contributed by atoms with E-state index in [-0.39, 0.29) is 0 Å². The quantitative estimate of drug-likeness (QED) is 0.691. The third kappa shape index (κ3) is 3.79. The van der Waals surface area contributed by atoms with Crippen LogP contribution in [0.1, 0.15) is 37.6 Å². The fourth-order valence-electron chi connectivity index (χ4n) is 3.19. The molecule has 27 heavy (non-hydrogen) atoms. The summed E-state index contributed by atoms with van der Waals surface area (Å²) in [6.45, 7) is 11.8. The number of nitrogens with zero attached hydrogens (tertiary/aromatic N) is 4. The molecule has 0 aliphatic rings. The second kappa shape index (κ2) is 7.78. The lowest BCUT2D eigenvalue weighted by atomic mass is 10.0. The van der Waals surface area contributed by atoms with Crippen LogP contribution in [0.25, 0.3) is 22.9 Å². The Morgan fingerprint density at radius 3 is 2.15 bits per heavy atom. The number of phenols is 1. The third-order valence-electron chi connectivity index (χ3n) is 4.71. The number of rotatable bonds is 6. The Morgan fingerprint density at radius 2 is 1.56 bits per heavy atom. The number of benzene rings is 1. The molecule has 0 saturated carbocycles. The Morgan fingerprint density at radius 1 is 0.926 bits per heavy atom. The van der Waals surface area contributed by atoms with Crippen LogP contribution in [-0.2, 0) is 6.42 Å². The lowest BCUT2D eigenvalue weighted by Crippen LogP contribution is -2.23. The summed E-state index contributed by atoms with van der Waals surface area (Å²) in [5, 5.41) is 18.6. The number of aromatic nitrogens is 3. The molecule has 2 aromatic heterocycles. The van der Waals surface area contributed by atoms with Crippen LogP contribution >= 0.6 is 0 Å². The highest BCUT2D eigenvalue weighted by Crippen LogP contribution is 2.31. The zero-order valence-electron chi connectivity index (χ0n) is 16.6. The molecule has 6 heteroatoms. The number of pyridine rings is 1. The molecule has 0 atom stereocenters. The summed E-state index contributed by atoms with van der Waals surface area (Å²) >= 11 is 0. The normalized spacial score (nSPS) is 11.0. The second-order valence-electron chi connectivity index (χ2n) is 6.59.